The van der Waals surface area contributed by atoms with Crippen molar-refractivity contribution >= 4 is 27.4 Å². The second-order valence-electron chi connectivity index (χ2n) is 8.54. The number of hydrogen-bond acceptors (Lipinski definition) is 6. The molecule has 0 saturated carbocycles. The third-order valence-electron chi connectivity index (χ3n) is 6.97. The van der Waals surface area contributed by atoms with Crippen molar-refractivity contribution in [3.63, 3.8) is 0 Å². The molecule has 2 aliphatic rings. The van der Waals surface area contributed by atoms with Crippen LogP contribution in [0.5, 0.6) is 0 Å². The standard InChI is InChI=1S/C20H32NO7PS2/c1-5-29(22,6-2)15-13-19(3)17-11-7-8-12-18(17)21(20(19,4)31(26,27)28)14-9-10-16-30(23,24)25/h8,11-12H,5-6,9-10,13-16H2,1-4H3,(H-,23,24,25,26,27,28)/p+1. The zero-order chi connectivity index (χ0) is 23.7. The van der Waals surface area contributed by atoms with Gasteiger partial charge in [0.1, 0.15) is 12.2 Å². The molecule has 11 heteroatoms. The second kappa shape index (κ2) is 9.08. The van der Waals surface area contributed by atoms with Crippen LogP contribution in [0.4, 0.5) is 0 Å². The Balaban J connectivity index is 2.49. The van der Waals surface area contributed by atoms with Crippen LogP contribution >= 0.6 is 7.14 Å². The summed E-state index contributed by atoms with van der Waals surface area (Å²) in [5.74, 6) is -0.424. The van der Waals surface area contributed by atoms with E-state index in [-0.39, 0.29) is 13.0 Å². The fraction of sp³-hybridized carbons (Fsp3) is 0.700. The molecule has 0 bridgehead atoms. The molecule has 2 atom stereocenters. The summed E-state index contributed by atoms with van der Waals surface area (Å²) in [4.78, 5) is -0.139. The predicted molar refractivity (Wildman–Crippen MR) is 123 cm³/mol. The first-order chi connectivity index (χ1) is 14.2. The highest BCUT2D eigenvalue weighted by Gasteiger charge is 2.67. The molecular weight excluding hydrogens is 461 g/mol. The maximum Gasteiger partial charge on any atom is 0.291 e. The Hall–Kier alpha value is -1.02. The van der Waals surface area contributed by atoms with Gasteiger partial charge in [-0.05, 0) is 45.4 Å². The summed E-state index contributed by atoms with van der Waals surface area (Å²) < 4.78 is 80.1. The second-order valence-corrected chi connectivity index (χ2v) is 15.7. The third-order valence-corrected chi connectivity index (χ3v) is 12.8. The maximum atomic E-state index is 13.1. The zero-order valence-electron chi connectivity index (χ0n) is 18.5. The lowest BCUT2D eigenvalue weighted by Crippen LogP contribution is -2.57. The van der Waals surface area contributed by atoms with Gasteiger partial charge in [0.15, 0.2) is 10.6 Å². The molecule has 0 radical (unpaired) electrons. The van der Waals surface area contributed by atoms with Gasteiger partial charge in [0.2, 0.25) is 0 Å². The van der Waals surface area contributed by atoms with Crippen LogP contribution in [0.25, 0.3) is 0 Å². The topological polar surface area (TPSA) is 129 Å². The Morgan fingerprint density at radius 2 is 1.71 bits per heavy atom. The van der Waals surface area contributed by atoms with E-state index in [4.69, 9.17) is 4.55 Å². The van der Waals surface area contributed by atoms with E-state index in [1.54, 1.807) is 30.1 Å². The van der Waals surface area contributed by atoms with Gasteiger partial charge in [-0.1, -0.05) is 13.8 Å². The lowest BCUT2D eigenvalue weighted by atomic mass is 9.74. The quantitative estimate of drug-likeness (QED) is 0.193. The first kappa shape index (κ1) is 26.2. The molecule has 1 heterocycles. The van der Waals surface area contributed by atoms with Gasteiger partial charge in [0, 0.05) is 18.8 Å². The SMILES string of the molecule is CCP(=O)(CC)CCC1(C)C2=C(C=C[C+]=C2)N(CCCCS(=O)(=O)O)C1(C)S(=O)(=O)O. The van der Waals surface area contributed by atoms with Gasteiger partial charge in [-0.25, -0.2) is 0 Å². The van der Waals surface area contributed by atoms with Crippen molar-refractivity contribution in [2.75, 3.05) is 30.8 Å². The monoisotopic (exact) mass is 494 g/mol. The van der Waals surface area contributed by atoms with E-state index in [2.05, 4.69) is 6.08 Å². The molecule has 31 heavy (non-hydrogen) atoms. The Bertz CT molecular complexity index is 1040. The van der Waals surface area contributed by atoms with Crippen molar-refractivity contribution in [3.8, 4) is 0 Å². The molecule has 176 valence electrons. The number of unbranched alkanes of at least 4 members (excludes halogenated alkanes) is 1. The average molecular weight is 495 g/mol. The van der Waals surface area contributed by atoms with E-state index in [0.717, 1.165) is 0 Å². The van der Waals surface area contributed by atoms with Gasteiger partial charge in [0.25, 0.3) is 20.2 Å². The number of hydrogen-bond donors (Lipinski definition) is 2. The molecule has 0 spiro atoms. The summed E-state index contributed by atoms with van der Waals surface area (Å²) in [6.07, 6.45) is 10.2. The van der Waals surface area contributed by atoms with Crippen LogP contribution in [0.1, 0.15) is 47.0 Å². The molecular formula is C20H33NO7PS2+. The van der Waals surface area contributed by atoms with Crippen LogP contribution in [0, 0.1) is 11.5 Å². The fourth-order valence-electron chi connectivity index (χ4n) is 4.52. The summed E-state index contributed by atoms with van der Waals surface area (Å²) >= 11 is 0. The van der Waals surface area contributed by atoms with Crippen molar-refractivity contribution in [1.29, 1.82) is 0 Å². The first-order valence-electron chi connectivity index (χ1n) is 10.4. The highest BCUT2D eigenvalue weighted by Crippen LogP contribution is 2.59. The molecule has 0 aromatic rings. The molecule has 0 amide bonds. The van der Waals surface area contributed by atoms with E-state index in [1.165, 1.54) is 6.92 Å². The van der Waals surface area contributed by atoms with Crippen LogP contribution in [-0.4, -0.2) is 66.5 Å². The van der Waals surface area contributed by atoms with Crippen LogP contribution in [0.2, 0.25) is 0 Å². The summed E-state index contributed by atoms with van der Waals surface area (Å²) in [6.45, 7) is 7.13. The summed E-state index contributed by atoms with van der Waals surface area (Å²) in [5.41, 5.74) is 0.260. The molecule has 0 fully saturated rings. The van der Waals surface area contributed by atoms with Crippen molar-refractivity contribution in [3.05, 3.63) is 35.6 Å². The average Bonchev–Trinajstić information content (AvgIpc) is 2.88. The molecule has 0 saturated heterocycles. The van der Waals surface area contributed by atoms with Gasteiger partial charge in [-0.2, -0.15) is 16.8 Å². The lowest BCUT2D eigenvalue weighted by Gasteiger charge is -2.43. The minimum Gasteiger partial charge on any atom is -0.327 e. The molecule has 2 N–H and O–H groups in total. The Morgan fingerprint density at radius 3 is 2.23 bits per heavy atom. The summed E-state index contributed by atoms with van der Waals surface area (Å²) in [5, 5.41) is 0. The zero-order valence-corrected chi connectivity index (χ0v) is 21.1. The molecule has 1 aliphatic carbocycles. The third kappa shape index (κ3) is 5.00. The largest absolute Gasteiger partial charge is 0.327 e. The Morgan fingerprint density at radius 1 is 1.10 bits per heavy atom. The lowest BCUT2D eigenvalue weighted by molar-refractivity contribution is 0.132. The Labute approximate surface area is 186 Å². The smallest absolute Gasteiger partial charge is 0.291 e. The minimum absolute atomic E-state index is 0.142. The molecule has 0 aromatic heterocycles. The van der Waals surface area contributed by atoms with E-state index in [1.807, 2.05) is 13.8 Å². The minimum atomic E-state index is -4.62. The summed E-state index contributed by atoms with van der Waals surface area (Å²) in [7, 11) is -11.2. The van der Waals surface area contributed by atoms with Crippen molar-refractivity contribution in [2.45, 2.75) is 51.8 Å². The van der Waals surface area contributed by atoms with Crippen molar-refractivity contribution in [2.24, 2.45) is 5.41 Å². The van der Waals surface area contributed by atoms with E-state index in [9.17, 15) is 26.0 Å². The van der Waals surface area contributed by atoms with Gasteiger partial charge in [-0.15, -0.1) is 0 Å². The molecule has 0 aromatic carbocycles. The van der Waals surface area contributed by atoms with Gasteiger partial charge in [0.05, 0.1) is 30.0 Å². The van der Waals surface area contributed by atoms with Crippen molar-refractivity contribution in [1.82, 2.24) is 4.90 Å². The first-order valence-corrected chi connectivity index (χ1v) is 15.7. The highest BCUT2D eigenvalue weighted by atomic mass is 32.2. The number of nitrogens with zero attached hydrogens (tertiary/aromatic N) is 1. The Kier molecular flexibility index (Phi) is 7.69. The maximum absolute atomic E-state index is 13.1. The molecule has 2 unspecified atom stereocenters. The number of rotatable bonds is 11. The fourth-order valence-corrected chi connectivity index (χ4v) is 8.28. The summed E-state index contributed by atoms with van der Waals surface area (Å²) in [6, 6.07) is 0. The van der Waals surface area contributed by atoms with Crippen LogP contribution in [0.15, 0.2) is 29.5 Å². The van der Waals surface area contributed by atoms with E-state index in [0.29, 0.717) is 42.6 Å². The highest BCUT2D eigenvalue weighted by molar-refractivity contribution is 7.87. The van der Waals surface area contributed by atoms with E-state index >= 15 is 0 Å². The van der Waals surface area contributed by atoms with Crippen LogP contribution in [0.3, 0.4) is 0 Å². The molecule has 8 nitrogen and oxygen atoms in total. The number of allylic oxidation sites excluding steroid dienone is 4. The van der Waals surface area contributed by atoms with Gasteiger partial charge in [-0.3, -0.25) is 9.11 Å². The van der Waals surface area contributed by atoms with Gasteiger partial charge >= 0.3 is 0 Å². The van der Waals surface area contributed by atoms with Gasteiger partial charge < -0.3 is 9.46 Å². The normalized spacial score (nSPS) is 26.3. The predicted octanol–water partition coefficient (Wildman–Crippen LogP) is 3.56. The molecule has 2 rings (SSSR count). The molecule has 1 aliphatic heterocycles. The van der Waals surface area contributed by atoms with Crippen molar-refractivity contribution < 1.29 is 30.5 Å². The van der Waals surface area contributed by atoms with Crippen LogP contribution < -0.4 is 0 Å². The van der Waals surface area contributed by atoms with E-state index < -0.39 is 43.4 Å². The van der Waals surface area contributed by atoms with Crippen LogP contribution in [-0.2, 0) is 24.8 Å².